The molecule has 0 aliphatic heterocycles. The maximum absolute atomic E-state index is 12.8. The van der Waals surface area contributed by atoms with E-state index in [1.807, 2.05) is 25.1 Å². The first-order chi connectivity index (χ1) is 16.3. The molecule has 0 saturated heterocycles. The van der Waals surface area contributed by atoms with Crippen LogP contribution in [0.4, 0.5) is 5.00 Å². The number of nitrogens with one attached hydrogen (secondary N) is 1. The Bertz CT molecular complexity index is 1240. The number of amides is 1. The summed E-state index contributed by atoms with van der Waals surface area (Å²) in [5.74, 6) is 0.204. The average molecular weight is 565 g/mol. The number of esters is 1. The molecule has 1 N–H and O–H groups in total. The Balaban J connectivity index is 1.92. The van der Waals surface area contributed by atoms with Gasteiger partial charge in [0.1, 0.15) is 10.6 Å². The first kappa shape index (κ1) is 25.8. The summed E-state index contributed by atoms with van der Waals surface area (Å²) >= 11 is 10.8. The van der Waals surface area contributed by atoms with Crippen molar-refractivity contribution in [2.45, 2.75) is 13.8 Å². The van der Waals surface area contributed by atoms with Crippen molar-refractivity contribution in [2.24, 2.45) is 0 Å². The van der Waals surface area contributed by atoms with Crippen LogP contribution in [0.5, 0.6) is 11.5 Å². The number of ether oxygens (including phenoxy) is 3. The van der Waals surface area contributed by atoms with Crippen LogP contribution in [0.1, 0.15) is 27.7 Å². The molecule has 0 fully saturated rings. The molecule has 0 saturated carbocycles. The summed E-state index contributed by atoms with van der Waals surface area (Å²) in [7, 11) is 3.09. The molecule has 2 aromatic carbocycles. The van der Waals surface area contributed by atoms with E-state index in [2.05, 4.69) is 21.2 Å². The first-order valence-corrected chi connectivity index (χ1v) is 12.2. The van der Waals surface area contributed by atoms with Crippen LogP contribution >= 0.6 is 38.9 Å². The summed E-state index contributed by atoms with van der Waals surface area (Å²) in [4.78, 5) is 26.5. The molecule has 0 radical (unpaired) electrons. The van der Waals surface area contributed by atoms with Gasteiger partial charge in [-0.3, -0.25) is 4.79 Å². The molecule has 34 heavy (non-hydrogen) atoms. The molecule has 1 amide bonds. The van der Waals surface area contributed by atoms with Gasteiger partial charge in [0.05, 0.1) is 25.3 Å². The molecule has 0 spiro atoms. The summed E-state index contributed by atoms with van der Waals surface area (Å²) in [5, 5.41) is 3.84. The van der Waals surface area contributed by atoms with Crippen LogP contribution < -0.4 is 14.8 Å². The summed E-state index contributed by atoms with van der Waals surface area (Å²) in [5.41, 5.74) is 2.58. The standard InChI is InChI=1S/C25H23BrClNO5S/c1-5-33-25(30)22-21(16-7-9-17(27)10-8-16)14(2)34-24(22)28-20(29)11-6-15-12-18(26)23(32-4)19(13-15)31-3/h6-13H,5H2,1-4H3,(H,28,29). The van der Waals surface area contributed by atoms with Crippen LogP contribution in [0, 0.1) is 6.92 Å². The molecular weight excluding hydrogens is 542 g/mol. The minimum Gasteiger partial charge on any atom is -0.493 e. The van der Waals surface area contributed by atoms with Crippen molar-refractivity contribution in [3.63, 3.8) is 0 Å². The zero-order valence-electron chi connectivity index (χ0n) is 19.0. The molecule has 9 heteroatoms. The Labute approximate surface area is 215 Å². The summed E-state index contributed by atoms with van der Waals surface area (Å²) in [6, 6.07) is 10.7. The SMILES string of the molecule is CCOC(=O)c1c(NC(=O)C=Cc2cc(Br)c(OC)c(OC)c2)sc(C)c1-c1ccc(Cl)cc1. The van der Waals surface area contributed by atoms with Gasteiger partial charge in [-0.1, -0.05) is 23.7 Å². The number of rotatable bonds is 8. The van der Waals surface area contributed by atoms with Gasteiger partial charge < -0.3 is 19.5 Å². The van der Waals surface area contributed by atoms with Gasteiger partial charge in [0.25, 0.3) is 0 Å². The smallest absolute Gasteiger partial charge is 0.341 e. The average Bonchev–Trinajstić information content (AvgIpc) is 3.13. The largest absolute Gasteiger partial charge is 0.493 e. The van der Waals surface area contributed by atoms with Crippen molar-refractivity contribution in [3.8, 4) is 22.6 Å². The number of hydrogen-bond acceptors (Lipinski definition) is 6. The molecule has 0 aliphatic carbocycles. The number of benzene rings is 2. The van der Waals surface area contributed by atoms with E-state index < -0.39 is 5.97 Å². The van der Waals surface area contributed by atoms with E-state index in [1.165, 1.54) is 17.4 Å². The van der Waals surface area contributed by atoms with E-state index in [0.717, 1.165) is 16.0 Å². The highest BCUT2D eigenvalue weighted by Crippen LogP contribution is 2.41. The number of anilines is 1. The van der Waals surface area contributed by atoms with Gasteiger partial charge in [0.2, 0.25) is 5.91 Å². The zero-order chi connectivity index (χ0) is 24.8. The summed E-state index contributed by atoms with van der Waals surface area (Å²) in [6.07, 6.45) is 3.03. The fraction of sp³-hybridized carbons (Fsp3) is 0.200. The molecule has 3 rings (SSSR count). The van der Waals surface area contributed by atoms with E-state index in [-0.39, 0.29) is 12.5 Å². The quantitative estimate of drug-likeness (QED) is 0.236. The third-order valence-electron chi connectivity index (χ3n) is 4.82. The molecule has 0 unspecified atom stereocenters. The van der Waals surface area contributed by atoms with Gasteiger partial charge in [0.15, 0.2) is 11.5 Å². The van der Waals surface area contributed by atoms with Gasteiger partial charge in [-0.05, 0) is 71.2 Å². The second kappa shape index (κ2) is 11.6. The number of halogens is 2. The molecule has 0 atom stereocenters. The van der Waals surface area contributed by atoms with Crippen molar-refractivity contribution >= 4 is 61.8 Å². The lowest BCUT2D eigenvalue weighted by atomic mass is 10.0. The number of carbonyl (C=O) groups is 2. The number of hydrogen-bond donors (Lipinski definition) is 1. The van der Waals surface area contributed by atoms with Gasteiger partial charge >= 0.3 is 5.97 Å². The first-order valence-electron chi connectivity index (χ1n) is 10.3. The van der Waals surface area contributed by atoms with Gasteiger partial charge in [-0.25, -0.2) is 4.79 Å². The number of methoxy groups -OCH3 is 2. The third-order valence-corrected chi connectivity index (χ3v) is 6.68. The fourth-order valence-corrected chi connectivity index (χ4v) is 5.17. The fourth-order valence-electron chi connectivity index (χ4n) is 3.35. The number of aryl methyl sites for hydroxylation is 1. The maximum Gasteiger partial charge on any atom is 0.341 e. The molecule has 0 bridgehead atoms. The van der Waals surface area contributed by atoms with Crippen molar-refractivity contribution in [3.05, 3.63) is 68.0 Å². The second-order valence-corrected chi connectivity index (χ2v) is 9.54. The van der Waals surface area contributed by atoms with Crippen LogP contribution in [0.3, 0.4) is 0 Å². The highest BCUT2D eigenvalue weighted by atomic mass is 79.9. The molecule has 1 aromatic heterocycles. The Kier molecular flexibility index (Phi) is 8.77. The van der Waals surface area contributed by atoms with Crippen molar-refractivity contribution < 1.29 is 23.8 Å². The molecule has 1 heterocycles. The van der Waals surface area contributed by atoms with Gasteiger partial charge in [-0.2, -0.15) is 0 Å². The Hall–Kier alpha value is -2.81. The van der Waals surface area contributed by atoms with E-state index in [1.54, 1.807) is 45.4 Å². The zero-order valence-corrected chi connectivity index (χ0v) is 22.2. The van der Waals surface area contributed by atoms with Crippen molar-refractivity contribution in [1.29, 1.82) is 0 Å². The predicted octanol–water partition coefficient (Wildman–Crippen LogP) is 6.99. The Morgan fingerprint density at radius 3 is 2.47 bits per heavy atom. The summed E-state index contributed by atoms with van der Waals surface area (Å²) in [6.45, 7) is 3.85. The van der Waals surface area contributed by atoms with Gasteiger partial charge in [0, 0.05) is 21.5 Å². The lowest BCUT2D eigenvalue weighted by Crippen LogP contribution is -2.12. The van der Waals surface area contributed by atoms with Crippen molar-refractivity contribution in [1.82, 2.24) is 0 Å². The van der Waals surface area contributed by atoms with Crippen LogP contribution in [0.25, 0.3) is 17.2 Å². The Morgan fingerprint density at radius 1 is 1.15 bits per heavy atom. The lowest BCUT2D eigenvalue weighted by Gasteiger charge is -2.10. The van der Waals surface area contributed by atoms with E-state index in [0.29, 0.717) is 37.1 Å². The van der Waals surface area contributed by atoms with Gasteiger partial charge in [-0.15, -0.1) is 11.3 Å². The normalized spacial score (nSPS) is 10.9. The highest BCUT2D eigenvalue weighted by Gasteiger charge is 2.25. The minimum absolute atomic E-state index is 0.218. The number of thiophene rings is 1. The Morgan fingerprint density at radius 2 is 1.85 bits per heavy atom. The molecular formula is C25H23BrClNO5S. The van der Waals surface area contributed by atoms with Crippen LogP contribution in [0.15, 0.2) is 46.9 Å². The third kappa shape index (κ3) is 5.81. The molecule has 6 nitrogen and oxygen atoms in total. The minimum atomic E-state index is -0.500. The second-order valence-electron chi connectivity index (χ2n) is 7.03. The lowest BCUT2D eigenvalue weighted by molar-refractivity contribution is -0.111. The predicted molar refractivity (Wildman–Crippen MR) is 140 cm³/mol. The van der Waals surface area contributed by atoms with Crippen molar-refractivity contribution in [2.75, 3.05) is 26.1 Å². The van der Waals surface area contributed by atoms with E-state index in [9.17, 15) is 9.59 Å². The topological polar surface area (TPSA) is 73.9 Å². The van der Waals surface area contributed by atoms with Crippen LogP contribution in [0.2, 0.25) is 5.02 Å². The van der Waals surface area contributed by atoms with E-state index in [4.69, 9.17) is 25.8 Å². The van der Waals surface area contributed by atoms with Crippen LogP contribution in [-0.2, 0) is 9.53 Å². The van der Waals surface area contributed by atoms with Crippen LogP contribution in [-0.4, -0.2) is 32.7 Å². The monoisotopic (exact) mass is 563 g/mol. The number of carbonyl (C=O) groups excluding carboxylic acids is 2. The molecule has 3 aromatic rings. The molecule has 0 aliphatic rings. The van der Waals surface area contributed by atoms with E-state index >= 15 is 0 Å². The highest BCUT2D eigenvalue weighted by molar-refractivity contribution is 9.10. The molecule has 178 valence electrons. The summed E-state index contributed by atoms with van der Waals surface area (Å²) < 4.78 is 16.6. The maximum atomic E-state index is 12.8.